The van der Waals surface area contributed by atoms with E-state index in [0.717, 1.165) is 16.7 Å². The summed E-state index contributed by atoms with van der Waals surface area (Å²) in [6, 6.07) is 9.39. The van der Waals surface area contributed by atoms with Gasteiger partial charge in [0.15, 0.2) is 0 Å². The van der Waals surface area contributed by atoms with E-state index in [1.807, 2.05) is 25.1 Å². The van der Waals surface area contributed by atoms with Crippen molar-refractivity contribution in [3.63, 3.8) is 0 Å². The number of pyridine rings is 1. The van der Waals surface area contributed by atoms with Gasteiger partial charge in [-0.15, -0.1) is 0 Å². The van der Waals surface area contributed by atoms with E-state index in [1.54, 1.807) is 24.5 Å². The third-order valence-electron chi connectivity index (χ3n) is 2.44. The Balaban J connectivity index is 2.55. The van der Waals surface area contributed by atoms with Crippen LogP contribution in [0.3, 0.4) is 0 Å². The van der Waals surface area contributed by atoms with Gasteiger partial charge in [0.1, 0.15) is 6.07 Å². The van der Waals surface area contributed by atoms with E-state index in [1.165, 1.54) is 0 Å². The molecule has 0 aliphatic heterocycles. The second-order valence-electron chi connectivity index (χ2n) is 3.50. The average molecular weight is 229 g/mol. The summed E-state index contributed by atoms with van der Waals surface area (Å²) in [5.74, 6) is 0. The van der Waals surface area contributed by atoms with Crippen LogP contribution in [0.15, 0.2) is 36.7 Å². The average Bonchev–Trinajstić information content (AvgIpc) is 2.29. The summed E-state index contributed by atoms with van der Waals surface area (Å²) in [5, 5.41) is 9.26. The zero-order chi connectivity index (χ0) is 11.5. The van der Waals surface area contributed by atoms with Crippen LogP contribution < -0.4 is 0 Å². The fourth-order valence-corrected chi connectivity index (χ4v) is 1.76. The van der Waals surface area contributed by atoms with E-state index in [-0.39, 0.29) is 0 Å². The fourth-order valence-electron chi connectivity index (χ4n) is 1.54. The molecule has 0 bridgehead atoms. The summed E-state index contributed by atoms with van der Waals surface area (Å²) in [7, 11) is 0. The fraction of sp³-hybridized carbons (Fsp3) is 0.0769. The molecule has 0 aliphatic rings. The predicted molar refractivity (Wildman–Crippen MR) is 64.1 cm³/mol. The maximum absolute atomic E-state index is 8.79. The van der Waals surface area contributed by atoms with Crippen LogP contribution in [0.1, 0.15) is 11.1 Å². The van der Waals surface area contributed by atoms with E-state index >= 15 is 0 Å². The normalized spacial score (nSPS) is 9.81. The summed E-state index contributed by atoms with van der Waals surface area (Å²) < 4.78 is 0. The van der Waals surface area contributed by atoms with Gasteiger partial charge in [-0.05, 0) is 36.2 Å². The first-order valence-electron chi connectivity index (χ1n) is 4.83. The molecule has 1 aromatic carbocycles. The number of nitriles is 1. The summed E-state index contributed by atoms with van der Waals surface area (Å²) in [6.07, 6.45) is 3.55. The molecule has 3 heteroatoms. The smallest absolute Gasteiger partial charge is 0.101 e. The Bertz CT molecular complexity index is 570. The van der Waals surface area contributed by atoms with Crippen molar-refractivity contribution in [1.82, 2.24) is 4.98 Å². The van der Waals surface area contributed by atoms with Crippen LogP contribution in [-0.2, 0) is 0 Å². The van der Waals surface area contributed by atoms with Gasteiger partial charge in [0.05, 0.1) is 10.6 Å². The second-order valence-corrected chi connectivity index (χ2v) is 3.90. The third-order valence-corrected chi connectivity index (χ3v) is 2.75. The first-order valence-corrected chi connectivity index (χ1v) is 5.21. The molecule has 1 heterocycles. The quantitative estimate of drug-likeness (QED) is 0.748. The van der Waals surface area contributed by atoms with E-state index < -0.39 is 0 Å². The minimum Gasteiger partial charge on any atom is -0.264 e. The summed E-state index contributed by atoms with van der Waals surface area (Å²) in [6.45, 7) is 2.02. The molecule has 2 aromatic rings. The van der Waals surface area contributed by atoms with Gasteiger partial charge in [-0.3, -0.25) is 4.98 Å². The van der Waals surface area contributed by atoms with Gasteiger partial charge < -0.3 is 0 Å². The van der Waals surface area contributed by atoms with Crippen LogP contribution >= 0.6 is 11.6 Å². The van der Waals surface area contributed by atoms with Crippen LogP contribution in [0, 0.1) is 18.3 Å². The lowest BCUT2D eigenvalue weighted by Gasteiger charge is -2.05. The molecular weight excluding hydrogens is 220 g/mol. The lowest BCUT2D eigenvalue weighted by molar-refractivity contribution is 1.29. The highest BCUT2D eigenvalue weighted by molar-refractivity contribution is 6.32. The zero-order valence-electron chi connectivity index (χ0n) is 8.74. The molecule has 0 radical (unpaired) electrons. The van der Waals surface area contributed by atoms with E-state index in [9.17, 15) is 0 Å². The monoisotopic (exact) mass is 228 g/mol. The number of hydrogen-bond acceptors (Lipinski definition) is 2. The van der Waals surface area contributed by atoms with Crippen LogP contribution in [0.25, 0.3) is 11.1 Å². The third kappa shape index (κ3) is 1.91. The molecule has 0 saturated carbocycles. The molecule has 0 fully saturated rings. The standard InChI is InChI=1S/C13H9ClN2/c1-9-4-5-16-8-12(9)10-2-3-11(7-15)13(14)6-10/h2-6,8H,1H3. The highest BCUT2D eigenvalue weighted by atomic mass is 35.5. The number of benzene rings is 1. The lowest BCUT2D eigenvalue weighted by atomic mass is 10.0. The van der Waals surface area contributed by atoms with Crippen LogP contribution in [0.4, 0.5) is 0 Å². The van der Waals surface area contributed by atoms with Crippen LogP contribution in [0.5, 0.6) is 0 Å². The SMILES string of the molecule is Cc1ccncc1-c1ccc(C#N)c(Cl)c1. The summed E-state index contributed by atoms with van der Waals surface area (Å²) in [4.78, 5) is 4.09. The van der Waals surface area contributed by atoms with Gasteiger partial charge in [0.25, 0.3) is 0 Å². The topological polar surface area (TPSA) is 36.7 Å². The minimum atomic E-state index is 0.475. The predicted octanol–water partition coefficient (Wildman–Crippen LogP) is 3.58. The molecule has 0 saturated heterocycles. The van der Waals surface area contributed by atoms with Crippen molar-refractivity contribution in [3.05, 3.63) is 52.8 Å². The molecule has 0 N–H and O–H groups in total. The van der Waals surface area contributed by atoms with Gasteiger partial charge in [0, 0.05) is 18.0 Å². The van der Waals surface area contributed by atoms with Crippen molar-refractivity contribution in [2.75, 3.05) is 0 Å². The molecule has 2 rings (SSSR count). The number of hydrogen-bond donors (Lipinski definition) is 0. The molecule has 16 heavy (non-hydrogen) atoms. The van der Waals surface area contributed by atoms with Crippen molar-refractivity contribution in [2.45, 2.75) is 6.92 Å². The highest BCUT2D eigenvalue weighted by Crippen LogP contribution is 2.26. The maximum Gasteiger partial charge on any atom is 0.101 e. The first-order chi connectivity index (χ1) is 7.72. The first kappa shape index (κ1) is 10.7. The summed E-state index contributed by atoms with van der Waals surface area (Å²) in [5.41, 5.74) is 3.64. The molecule has 2 nitrogen and oxygen atoms in total. The number of nitrogens with zero attached hydrogens (tertiary/aromatic N) is 2. The molecule has 0 amide bonds. The molecule has 1 aromatic heterocycles. The maximum atomic E-state index is 8.79. The Hall–Kier alpha value is -1.85. The molecule has 0 unspecified atom stereocenters. The molecule has 0 spiro atoms. The van der Waals surface area contributed by atoms with Crippen molar-refractivity contribution in [3.8, 4) is 17.2 Å². The number of aromatic nitrogens is 1. The number of rotatable bonds is 1. The summed E-state index contributed by atoms with van der Waals surface area (Å²) >= 11 is 5.99. The lowest BCUT2D eigenvalue weighted by Crippen LogP contribution is -1.86. The van der Waals surface area contributed by atoms with Crippen molar-refractivity contribution >= 4 is 11.6 Å². The minimum absolute atomic E-state index is 0.475. The van der Waals surface area contributed by atoms with Gasteiger partial charge in [0.2, 0.25) is 0 Å². The molecular formula is C13H9ClN2. The van der Waals surface area contributed by atoms with Crippen LogP contribution in [-0.4, -0.2) is 4.98 Å². The molecule has 0 aliphatic carbocycles. The Labute approximate surface area is 99.1 Å². The van der Waals surface area contributed by atoms with Crippen molar-refractivity contribution in [2.24, 2.45) is 0 Å². The molecule has 0 atom stereocenters. The van der Waals surface area contributed by atoms with Crippen molar-refractivity contribution in [1.29, 1.82) is 5.26 Å². The van der Waals surface area contributed by atoms with E-state index in [4.69, 9.17) is 16.9 Å². The van der Waals surface area contributed by atoms with Gasteiger partial charge in [-0.25, -0.2) is 0 Å². The Morgan fingerprint density at radius 1 is 1.31 bits per heavy atom. The Morgan fingerprint density at radius 3 is 2.75 bits per heavy atom. The number of aryl methyl sites for hydroxylation is 1. The van der Waals surface area contributed by atoms with Crippen molar-refractivity contribution < 1.29 is 0 Å². The van der Waals surface area contributed by atoms with Crippen LogP contribution in [0.2, 0.25) is 5.02 Å². The van der Waals surface area contributed by atoms with Gasteiger partial charge in [-0.1, -0.05) is 17.7 Å². The largest absolute Gasteiger partial charge is 0.264 e. The highest BCUT2D eigenvalue weighted by Gasteiger charge is 2.05. The van der Waals surface area contributed by atoms with Gasteiger partial charge >= 0.3 is 0 Å². The zero-order valence-corrected chi connectivity index (χ0v) is 9.49. The van der Waals surface area contributed by atoms with E-state index in [2.05, 4.69) is 4.98 Å². The van der Waals surface area contributed by atoms with Gasteiger partial charge in [-0.2, -0.15) is 5.26 Å². The second kappa shape index (κ2) is 4.34. The Morgan fingerprint density at radius 2 is 2.12 bits per heavy atom. The Kier molecular flexibility index (Phi) is 2.89. The van der Waals surface area contributed by atoms with E-state index in [0.29, 0.717) is 10.6 Å². The number of halogens is 1. The molecule has 78 valence electrons.